The molecule has 2 rings (SSSR count). The third-order valence-electron chi connectivity index (χ3n) is 2.64. The van der Waals surface area contributed by atoms with E-state index >= 15 is 0 Å². The summed E-state index contributed by atoms with van der Waals surface area (Å²) >= 11 is 0. The van der Waals surface area contributed by atoms with Crippen molar-refractivity contribution in [1.82, 2.24) is 10.2 Å². The van der Waals surface area contributed by atoms with Crippen molar-refractivity contribution in [2.24, 2.45) is 0 Å². The number of anilines is 2. The van der Waals surface area contributed by atoms with Crippen molar-refractivity contribution in [3.8, 4) is 0 Å². The predicted molar refractivity (Wildman–Crippen MR) is 82.1 cm³/mol. The van der Waals surface area contributed by atoms with Crippen LogP contribution < -0.4 is 11.1 Å². The summed E-state index contributed by atoms with van der Waals surface area (Å²) in [7, 11) is 0. The molecule has 0 aliphatic rings. The van der Waals surface area contributed by atoms with Crippen molar-refractivity contribution in [2.75, 3.05) is 11.1 Å². The second-order valence-corrected chi connectivity index (χ2v) is 5.82. The fraction of sp³-hybridized carbons (Fsp3) is 0.333. The highest BCUT2D eigenvalue weighted by molar-refractivity contribution is 5.84. The van der Waals surface area contributed by atoms with Gasteiger partial charge in [-0.25, -0.2) is 4.79 Å². The second kappa shape index (κ2) is 5.87. The minimum absolute atomic E-state index is 0.461. The molecular formula is C15H20N4O2. The lowest BCUT2D eigenvalue weighted by atomic mass is 10.1. The SMILES string of the molecule is CC(C)(C)OC(=O)Nc1ccc(Cc2cc(N)n[nH]2)cc1. The number of carbonyl (C=O) groups is 1. The van der Waals surface area contributed by atoms with Crippen LogP contribution in [0.3, 0.4) is 0 Å². The van der Waals surface area contributed by atoms with Crippen LogP contribution >= 0.6 is 0 Å². The zero-order valence-electron chi connectivity index (χ0n) is 12.4. The third kappa shape index (κ3) is 4.83. The van der Waals surface area contributed by atoms with Crippen LogP contribution in [-0.2, 0) is 11.2 Å². The molecule has 6 heteroatoms. The molecule has 0 saturated heterocycles. The first-order chi connectivity index (χ1) is 9.82. The van der Waals surface area contributed by atoms with Gasteiger partial charge in [-0.2, -0.15) is 5.10 Å². The van der Waals surface area contributed by atoms with E-state index < -0.39 is 11.7 Å². The molecule has 0 aliphatic heterocycles. The maximum atomic E-state index is 11.6. The van der Waals surface area contributed by atoms with Crippen LogP contribution in [-0.4, -0.2) is 21.9 Å². The maximum absolute atomic E-state index is 11.6. The standard InChI is InChI=1S/C15H20N4O2/c1-15(2,3)21-14(20)17-11-6-4-10(5-7-11)8-12-9-13(16)19-18-12/h4-7,9H,8H2,1-3H3,(H,17,20)(H3,16,18,19). The highest BCUT2D eigenvalue weighted by Gasteiger charge is 2.16. The first-order valence-electron chi connectivity index (χ1n) is 6.70. The van der Waals surface area contributed by atoms with Crippen molar-refractivity contribution in [2.45, 2.75) is 32.8 Å². The lowest BCUT2D eigenvalue weighted by molar-refractivity contribution is 0.0636. The molecule has 2 aromatic rings. The number of ether oxygens (including phenoxy) is 1. The summed E-state index contributed by atoms with van der Waals surface area (Å²) in [5.74, 6) is 0.480. The Morgan fingerprint density at radius 2 is 2.00 bits per heavy atom. The van der Waals surface area contributed by atoms with E-state index in [-0.39, 0.29) is 0 Å². The summed E-state index contributed by atoms with van der Waals surface area (Å²) in [6, 6.07) is 9.33. The number of nitrogens with one attached hydrogen (secondary N) is 2. The van der Waals surface area contributed by atoms with Gasteiger partial charge in [-0.1, -0.05) is 12.1 Å². The van der Waals surface area contributed by atoms with Crippen molar-refractivity contribution < 1.29 is 9.53 Å². The molecule has 112 valence electrons. The number of aromatic amines is 1. The van der Waals surface area contributed by atoms with E-state index in [1.54, 1.807) is 6.07 Å². The summed E-state index contributed by atoms with van der Waals surface area (Å²) in [5.41, 5.74) is 7.78. The minimum atomic E-state index is -0.509. The summed E-state index contributed by atoms with van der Waals surface area (Å²) < 4.78 is 5.19. The fourth-order valence-corrected chi connectivity index (χ4v) is 1.82. The van der Waals surface area contributed by atoms with Crippen LogP contribution in [0.5, 0.6) is 0 Å². The number of nitrogens with zero attached hydrogens (tertiary/aromatic N) is 1. The van der Waals surface area contributed by atoms with Gasteiger partial charge >= 0.3 is 6.09 Å². The molecule has 0 fully saturated rings. The number of nitrogen functional groups attached to an aromatic ring is 1. The van der Waals surface area contributed by atoms with E-state index in [4.69, 9.17) is 10.5 Å². The number of carbonyl (C=O) groups excluding carboxylic acids is 1. The Bertz CT molecular complexity index is 611. The van der Waals surface area contributed by atoms with Gasteiger partial charge in [-0.3, -0.25) is 10.4 Å². The first kappa shape index (κ1) is 14.9. The van der Waals surface area contributed by atoms with Crippen molar-refractivity contribution >= 4 is 17.6 Å². The zero-order valence-corrected chi connectivity index (χ0v) is 12.4. The second-order valence-electron chi connectivity index (χ2n) is 5.82. The number of H-pyrrole nitrogens is 1. The first-order valence-corrected chi connectivity index (χ1v) is 6.70. The van der Waals surface area contributed by atoms with E-state index in [2.05, 4.69) is 15.5 Å². The van der Waals surface area contributed by atoms with Crippen molar-refractivity contribution in [3.63, 3.8) is 0 Å². The van der Waals surface area contributed by atoms with Crippen LogP contribution in [0.25, 0.3) is 0 Å². The summed E-state index contributed by atoms with van der Waals surface area (Å²) in [6.45, 7) is 5.48. The van der Waals surface area contributed by atoms with Gasteiger partial charge in [-0.15, -0.1) is 0 Å². The van der Waals surface area contributed by atoms with Gasteiger partial charge < -0.3 is 10.5 Å². The summed E-state index contributed by atoms with van der Waals surface area (Å²) in [5, 5.41) is 9.44. The molecule has 6 nitrogen and oxygen atoms in total. The third-order valence-corrected chi connectivity index (χ3v) is 2.64. The highest BCUT2D eigenvalue weighted by Crippen LogP contribution is 2.15. The molecule has 0 spiro atoms. The maximum Gasteiger partial charge on any atom is 0.412 e. The molecule has 0 atom stereocenters. The van der Waals surface area contributed by atoms with Crippen LogP contribution in [0.2, 0.25) is 0 Å². The zero-order chi connectivity index (χ0) is 15.5. The number of nitrogens with two attached hydrogens (primary N) is 1. The van der Waals surface area contributed by atoms with Crippen LogP contribution in [0.15, 0.2) is 30.3 Å². The van der Waals surface area contributed by atoms with E-state index in [1.165, 1.54) is 0 Å². The predicted octanol–water partition coefficient (Wildman–Crippen LogP) is 2.93. The molecule has 0 unspecified atom stereocenters. The number of hydrogen-bond donors (Lipinski definition) is 3. The quantitative estimate of drug-likeness (QED) is 0.809. The normalized spacial score (nSPS) is 11.2. The molecule has 4 N–H and O–H groups in total. The van der Waals surface area contributed by atoms with E-state index in [9.17, 15) is 4.79 Å². The lowest BCUT2D eigenvalue weighted by Crippen LogP contribution is -2.27. The van der Waals surface area contributed by atoms with Crippen LogP contribution in [0, 0.1) is 0 Å². The van der Waals surface area contributed by atoms with Gasteiger partial charge in [0.1, 0.15) is 11.4 Å². The Hall–Kier alpha value is -2.50. The minimum Gasteiger partial charge on any atom is -0.444 e. The summed E-state index contributed by atoms with van der Waals surface area (Å²) in [4.78, 5) is 11.6. The van der Waals surface area contributed by atoms with Gasteiger partial charge in [0.25, 0.3) is 0 Å². The number of rotatable bonds is 3. The molecule has 1 amide bonds. The number of aromatic nitrogens is 2. The van der Waals surface area contributed by atoms with Crippen molar-refractivity contribution in [3.05, 3.63) is 41.6 Å². The molecule has 1 aromatic carbocycles. The number of hydrogen-bond acceptors (Lipinski definition) is 4. The van der Waals surface area contributed by atoms with Crippen LogP contribution in [0.4, 0.5) is 16.3 Å². The highest BCUT2D eigenvalue weighted by atomic mass is 16.6. The molecule has 0 bridgehead atoms. The monoisotopic (exact) mass is 288 g/mol. The Morgan fingerprint density at radius 1 is 1.33 bits per heavy atom. The molecule has 0 saturated carbocycles. The Balaban J connectivity index is 1.94. The summed E-state index contributed by atoms with van der Waals surface area (Å²) in [6.07, 6.45) is 0.244. The van der Waals surface area contributed by atoms with E-state index in [0.29, 0.717) is 17.9 Å². The van der Waals surface area contributed by atoms with Gasteiger partial charge in [0.15, 0.2) is 0 Å². The van der Waals surface area contributed by atoms with Gasteiger partial charge in [0.2, 0.25) is 0 Å². The lowest BCUT2D eigenvalue weighted by Gasteiger charge is -2.19. The molecule has 1 aromatic heterocycles. The molecule has 0 radical (unpaired) electrons. The van der Waals surface area contributed by atoms with Gasteiger partial charge in [0, 0.05) is 23.9 Å². The van der Waals surface area contributed by atoms with Gasteiger partial charge in [-0.05, 0) is 38.5 Å². The van der Waals surface area contributed by atoms with Crippen LogP contribution in [0.1, 0.15) is 32.0 Å². The largest absolute Gasteiger partial charge is 0.444 e. The average Bonchev–Trinajstić information content (AvgIpc) is 2.75. The van der Waals surface area contributed by atoms with E-state index in [1.807, 2.05) is 45.0 Å². The van der Waals surface area contributed by atoms with E-state index in [0.717, 1.165) is 11.3 Å². The Labute approximate surface area is 123 Å². The number of amides is 1. The molecular weight excluding hydrogens is 268 g/mol. The smallest absolute Gasteiger partial charge is 0.412 e. The average molecular weight is 288 g/mol. The number of benzene rings is 1. The molecule has 21 heavy (non-hydrogen) atoms. The van der Waals surface area contributed by atoms with Gasteiger partial charge in [0.05, 0.1) is 0 Å². The van der Waals surface area contributed by atoms with Crippen molar-refractivity contribution in [1.29, 1.82) is 0 Å². The molecule has 1 heterocycles. The topological polar surface area (TPSA) is 93.0 Å². The fourth-order valence-electron chi connectivity index (χ4n) is 1.82. The molecule has 0 aliphatic carbocycles. The Morgan fingerprint density at radius 3 is 2.52 bits per heavy atom. The Kier molecular flexibility index (Phi) is 4.16.